The molecule has 0 aliphatic rings. The fraction of sp³-hybridized carbons (Fsp3) is 0.400. The zero-order valence-corrected chi connectivity index (χ0v) is 10.5. The van der Waals surface area contributed by atoms with E-state index in [1.54, 1.807) is 6.92 Å². The summed E-state index contributed by atoms with van der Waals surface area (Å²) in [6.45, 7) is 3.29. The molecule has 0 saturated heterocycles. The van der Waals surface area contributed by atoms with Gasteiger partial charge in [-0.1, -0.05) is 35.0 Å². The van der Waals surface area contributed by atoms with Crippen LogP contribution >= 0.6 is 15.9 Å². The highest BCUT2D eigenvalue weighted by Gasteiger charge is 2.25. The van der Waals surface area contributed by atoms with Gasteiger partial charge in [0.05, 0.1) is 4.92 Å². The Morgan fingerprint density at radius 1 is 1.56 bits per heavy atom. The first-order valence-electron chi connectivity index (χ1n) is 4.61. The Bertz CT molecular complexity index is 349. The molecule has 0 atom stereocenters. The molecule has 0 N–H and O–H groups in total. The van der Waals surface area contributed by atoms with Gasteiger partial charge >= 0.3 is 0 Å². The van der Waals surface area contributed by atoms with Crippen molar-refractivity contribution in [1.82, 2.24) is 0 Å². The number of allylic oxidation sites excluding steroid dienone is 5. The summed E-state index contributed by atoms with van der Waals surface area (Å²) in [5.41, 5.74) is -1.18. The highest BCUT2D eigenvalue weighted by Crippen LogP contribution is 2.27. The molecule has 0 aromatic rings. The van der Waals surface area contributed by atoms with E-state index in [-0.39, 0.29) is 4.48 Å². The van der Waals surface area contributed by atoms with Crippen molar-refractivity contribution >= 4 is 15.9 Å². The van der Waals surface area contributed by atoms with Gasteiger partial charge in [-0.3, -0.25) is 10.1 Å². The average molecular weight is 296 g/mol. The molecule has 3 nitrogen and oxygen atoms in total. The molecule has 0 aliphatic carbocycles. The third kappa shape index (κ3) is 4.22. The van der Waals surface area contributed by atoms with Crippen molar-refractivity contribution in [3.63, 3.8) is 0 Å². The van der Waals surface area contributed by atoms with E-state index in [9.17, 15) is 18.9 Å². The number of rotatable bonds is 5. The third-order valence-corrected chi connectivity index (χ3v) is 2.60. The molecule has 6 heteroatoms. The number of nitrogens with zero attached hydrogens (tertiary/aromatic N) is 1. The van der Waals surface area contributed by atoms with Crippen LogP contribution in [0.2, 0.25) is 0 Å². The van der Waals surface area contributed by atoms with E-state index in [4.69, 9.17) is 0 Å². The van der Waals surface area contributed by atoms with Gasteiger partial charge in [-0.05, 0) is 13.3 Å². The fourth-order valence-electron chi connectivity index (χ4n) is 0.972. The van der Waals surface area contributed by atoms with Crippen LogP contribution in [-0.2, 0) is 0 Å². The first kappa shape index (κ1) is 15.0. The molecule has 0 amide bonds. The van der Waals surface area contributed by atoms with Crippen molar-refractivity contribution in [2.45, 2.75) is 26.7 Å². The Kier molecular flexibility index (Phi) is 6.80. The number of alkyl halides is 2. The molecular formula is C10H12BrF2NO2. The van der Waals surface area contributed by atoms with Crippen molar-refractivity contribution < 1.29 is 13.7 Å². The van der Waals surface area contributed by atoms with Crippen molar-refractivity contribution in [2.75, 3.05) is 0 Å². The van der Waals surface area contributed by atoms with Crippen LogP contribution < -0.4 is 0 Å². The number of hydrogen-bond acceptors (Lipinski definition) is 2. The van der Waals surface area contributed by atoms with Crippen LogP contribution in [0, 0.1) is 10.1 Å². The Hall–Kier alpha value is -1.04. The van der Waals surface area contributed by atoms with Gasteiger partial charge in [0.25, 0.3) is 12.1 Å². The third-order valence-electron chi connectivity index (χ3n) is 1.71. The average Bonchev–Trinajstić information content (AvgIpc) is 2.22. The minimum atomic E-state index is -2.90. The molecule has 0 saturated carbocycles. The maximum atomic E-state index is 12.7. The van der Waals surface area contributed by atoms with Crippen LogP contribution in [0.5, 0.6) is 0 Å². The van der Waals surface area contributed by atoms with E-state index in [1.165, 1.54) is 19.1 Å². The predicted octanol–water partition coefficient (Wildman–Crippen LogP) is 4.05. The summed E-state index contributed by atoms with van der Waals surface area (Å²) in [4.78, 5) is 9.88. The highest BCUT2D eigenvalue weighted by molar-refractivity contribution is 9.12. The quantitative estimate of drug-likeness (QED) is 0.436. The normalized spacial score (nSPS) is 14.5. The highest BCUT2D eigenvalue weighted by atomic mass is 79.9. The van der Waals surface area contributed by atoms with Gasteiger partial charge in [-0.15, -0.1) is 0 Å². The summed E-state index contributed by atoms with van der Waals surface area (Å²) in [7, 11) is 0. The first-order valence-corrected chi connectivity index (χ1v) is 5.40. The molecule has 0 bridgehead atoms. The van der Waals surface area contributed by atoms with Crippen molar-refractivity contribution in [3.05, 3.63) is 44.1 Å². The van der Waals surface area contributed by atoms with Crippen LogP contribution in [0.25, 0.3) is 0 Å². The van der Waals surface area contributed by atoms with E-state index in [0.29, 0.717) is 6.42 Å². The molecule has 0 fully saturated rings. The van der Waals surface area contributed by atoms with Crippen LogP contribution in [0.15, 0.2) is 34.0 Å². The number of halogens is 3. The molecule has 0 aromatic heterocycles. The van der Waals surface area contributed by atoms with Crippen LogP contribution in [0.1, 0.15) is 20.3 Å². The summed E-state index contributed by atoms with van der Waals surface area (Å²) in [6.07, 6.45) is 1.57. The summed E-state index contributed by atoms with van der Waals surface area (Å²) >= 11 is 2.89. The SMILES string of the molecule is C\C=C(Br)/C(=C(\C=C\CC)[N+](=O)[O-])C(F)F. The molecule has 0 heterocycles. The molecular weight excluding hydrogens is 284 g/mol. The summed E-state index contributed by atoms with van der Waals surface area (Å²) < 4.78 is 25.5. The van der Waals surface area contributed by atoms with Gasteiger partial charge < -0.3 is 0 Å². The lowest BCUT2D eigenvalue weighted by Crippen LogP contribution is -2.08. The molecule has 90 valence electrons. The van der Waals surface area contributed by atoms with Crippen molar-refractivity contribution in [2.24, 2.45) is 0 Å². The Labute approximate surface area is 101 Å². The van der Waals surface area contributed by atoms with Gasteiger partial charge in [0.1, 0.15) is 5.57 Å². The summed E-state index contributed by atoms with van der Waals surface area (Å²) in [5.74, 6) is 0. The summed E-state index contributed by atoms with van der Waals surface area (Å²) in [6, 6.07) is 0. The second-order valence-corrected chi connectivity index (χ2v) is 3.66. The summed E-state index contributed by atoms with van der Waals surface area (Å²) in [5, 5.41) is 10.7. The molecule has 0 radical (unpaired) electrons. The van der Waals surface area contributed by atoms with E-state index < -0.39 is 22.6 Å². The lowest BCUT2D eigenvalue weighted by Gasteiger charge is -2.04. The predicted molar refractivity (Wildman–Crippen MR) is 62.1 cm³/mol. The molecule has 16 heavy (non-hydrogen) atoms. The molecule has 0 aromatic carbocycles. The van der Waals surface area contributed by atoms with Crippen LogP contribution in [0.3, 0.4) is 0 Å². The van der Waals surface area contributed by atoms with Crippen molar-refractivity contribution in [3.8, 4) is 0 Å². The lowest BCUT2D eigenvalue weighted by atomic mass is 10.1. The maximum Gasteiger partial charge on any atom is 0.279 e. The van der Waals surface area contributed by atoms with Gasteiger partial charge in [-0.2, -0.15) is 0 Å². The zero-order chi connectivity index (χ0) is 12.7. The second kappa shape index (κ2) is 7.27. The second-order valence-electron chi connectivity index (χ2n) is 2.80. The minimum Gasteiger partial charge on any atom is -0.258 e. The maximum absolute atomic E-state index is 12.7. The Morgan fingerprint density at radius 3 is 2.44 bits per heavy atom. The fourth-order valence-corrected chi connectivity index (χ4v) is 1.35. The topological polar surface area (TPSA) is 43.1 Å². The largest absolute Gasteiger partial charge is 0.279 e. The zero-order valence-electron chi connectivity index (χ0n) is 8.91. The van der Waals surface area contributed by atoms with Gasteiger partial charge in [0, 0.05) is 10.6 Å². The first-order chi connectivity index (χ1) is 7.45. The standard InChI is InChI=1S/C10H12BrF2NO2/c1-3-5-6-8(14(15)16)9(10(12)13)7(11)4-2/h4-6,10H,3H2,1-2H3/b6-5+,7-4+,9-8-. The Balaban J connectivity index is 5.64. The van der Waals surface area contributed by atoms with Gasteiger partial charge in [-0.25, -0.2) is 8.78 Å². The smallest absolute Gasteiger partial charge is 0.258 e. The molecule has 0 unspecified atom stereocenters. The van der Waals surface area contributed by atoms with Crippen molar-refractivity contribution in [1.29, 1.82) is 0 Å². The molecule has 0 spiro atoms. The lowest BCUT2D eigenvalue weighted by molar-refractivity contribution is -0.420. The number of nitro groups is 1. The molecule has 0 aliphatic heterocycles. The van der Waals surface area contributed by atoms with Crippen LogP contribution in [0.4, 0.5) is 8.78 Å². The van der Waals surface area contributed by atoms with E-state index in [1.807, 2.05) is 0 Å². The van der Waals surface area contributed by atoms with E-state index in [0.717, 1.165) is 6.08 Å². The Morgan fingerprint density at radius 2 is 2.12 bits per heavy atom. The number of hydrogen-bond donors (Lipinski definition) is 0. The monoisotopic (exact) mass is 295 g/mol. The van der Waals surface area contributed by atoms with Crippen LogP contribution in [-0.4, -0.2) is 11.3 Å². The van der Waals surface area contributed by atoms with Gasteiger partial charge in [0.15, 0.2) is 0 Å². The molecule has 0 rings (SSSR count). The van der Waals surface area contributed by atoms with Gasteiger partial charge in [0.2, 0.25) is 0 Å². The van der Waals surface area contributed by atoms with E-state index in [2.05, 4.69) is 15.9 Å². The van der Waals surface area contributed by atoms with E-state index >= 15 is 0 Å². The minimum absolute atomic E-state index is 0.0370.